The summed E-state index contributed by atoms with van der Waals surface area (Å²) in [7, 11) is 0. The van der Waals surface area contributed by atoms with Crippen LogP contribution >= 0.6 is 0 Å². The highest BCUT2D eigenvalue weighted by Crippen LogP contribution is 2.21. The van der Waals surface area contributed by atoms with Crippen molar-refractivity contribution in [3.63, 3.8) is 0 Å². The predicted octanol–water partition coefficient (Wildman–Crippen LogP) is 2.71. The molecule has 2 rings (SSSR count). The topological polar surface area (TPSA) is 72.5 Å². The van der Waals surface area contributed by atoms with Crippen molar-refractivity contribution in [1.29, 1.82) is 10.5 Å². The van der Waals surface area contributed by atoms with Crippen LogP contribution in [-0.2, 0) is 0 Å². The molecule has 0 aliphatic heterocycles. The van der Waals surface area contributed by atoms with Crippen LogP contribution in [0.3, 0.4) is 0 Å². The number of hydrogen-bond acceptors (Lipinski definition) is 4. The smallest absolute Gasteiger partial charge is 0.142 e. The maximum Gasteiger partial charge on any atom is 0.142 e. The van der Waals surface area contributed by atoms with Gasteiger partial charge in [-0.1, -0.05) is 0 Å². The normalized spacial score (nSPS) is 9.28. The van der Waals surface area contributed by atoms with Crippen LogP contribution in [0.5, 0.6) is 0 Å². The SMILES string of the molecule is N#Cc1cc(Nc2ccc(F)cc2C#N)ccn1. The molecule has 86 valence electrons. The van der Waals surface area contributed by atoms with Gasteiger partial charge in [0.1, 0.15) is 23.6 Å². The van der Waals surface area contributed by atoms with Gasteiger partial charge in [0.25, 0.3) is 0 Å². The summed E-state index contributed by atoms with van der Waals surface area (Å²) in [5.74, 6) is -0.468. The Balaban J connectivity index is 2.35. The molecule has 5 heteroatoms. The van der Waals surface area contributed by atoms with E-state index in [1.807, 2.05) is 12.1 Å². The number of aromatic nitrogens is 1. The fourth-order valence-electron chi connectivity index (χ4n) is 1.44. The molecular weight excluding hydrogens is 231 g/mol. The first kappa shape index (κ1) is 11.6. The van der Waals surface area contributed by atoms with Crippen molar-refractivity contribution >= 4 is 11.4 Å². The molecule has 2 aromatic rings. The van der Waals surface area contributed by atoms with Gasteiger partial charge in [0.15, 0.2) is 0 Å². The molecule has 0 saturated carbocycles. The number of nitrogens with zero attached hydrogens (tertiary/aromatic N) is 3. The molecule has 1 N–H and O–H groups in total. The molecule has 1 heterocycles. The van der Waals surface area contributed by atoms with Gasteiger partial charge in [-0.2, -0.15) is 10.5 Å². The first-order valence-corrected chi connectivity index (χ1v) is 5.06. The van der Waals surface area contributed by atoms with E-state index in [4.69, 9.17) is 10.5 Å². The number of nitriles is 2. The average molecular weight is 238 g/mol. The Bertz CT molecular complexity index is 667. The van der Waals surface area contributed by atoms with Crippen LogP contribution in [0.25, 0.3) is 0 Å². The van der Waals surface area contributed by atoms with Gasteiger partial charge in [0.2, 0.25) is 0 Å². The monoisotopic (exact) mass is 238 g/mol. The Morgan fingerprint density at radius 2 is 1.94 bits per heavy atom. The van der Waals surface area contributed by atoms with Crippen molar-refractivity contribution in [2.45, 2.75) is 0 Å². The van der Waals surface area contributed by atoms with Crippen LogP contribution in [-0.4, -0.2) is 4.98 Å². The number of nitrogens with one attached hydrogen (secondary N) is 1. The Morgan fingerprint density at radius 3 is 2.67 bits per heavy atom. The van der Waals surface area contributed by atoms with Gasteiger partial charge < -0.3 is 5.32 Å². The maximum atomic E-state index is 13.0. The summed E-state index contributed by atoms with van der Waals surface area (Å²) in [4.78, 5) is 3.83. The van der Waals surface area contributed by atoms with Crippen molar-refractivity contribution in [3.05, 3.63) is 53.6 Å². The van der Waals surface area contributed by atoms with E-state index in [1.165, 1.54) is 18.3 Å². The zero-order valence-electron chi connectivity index (χ0n) is 9.18. The minimum absolute atomic E-state index is 0.199. The fourth-order valence-corrected chi connectivity index (χ4v) is 1.44. The summed E-state index contributed by atoms with van der Waals surface area (Å²) in [6, 6.07) is 10.9. The third-order valence-electron chi connectivity index (χ3n) is 2.26. The van der Waals surface area contributed by atoms with Gasteiger partial charge in [0, 0.05) is 11.9 Å². The van der Waals surface area contributed by atoms with E-state index in [2.05, 4.69) is 10.3 Å². The van der Waals surface area contributed by atoms with Gasteiger partial charge in [-0.05, 0) is 30.3 Å². The average Bonchev–Trinajstić information content (AvgIpc) is 2.41. The molecular formula is C13H7FN4. The Labute approximate surface area is 103 Å². The van der Waals surface area contributed by atoms with E-state index >= 15 is 0 Å². The number of rotatable bonds is 2. The lowest BCUT2D eigenvalue weighted by Crippen LogP contribution is -1.95. The van der Waals surface area contributed by atoms with Crippen LogP contribution in [0.1, 0.15) is 11.3 Å². The van der Waals surface area contributed by atoms with Crippen LogP contribution in [0.15, 0.2) is 36.5 Å². The van der Waals surface area contributed by atoms with E-state index in [0.29, 0.717) is 11.4 Å². The predicted molar refractivity (Wildman–Crippen MR) is 63.3 cm³/mol. The van der Waals surface area contributed by atoms with E-state index in [-0.39, 0.29) is 11.3 Å². The summed E-state index contributed by atoms with van der Waals surface area (Å²) in [6.07, 6.45) is 1.48. The zero-order valence-corrected chi connectivity index (χ0v) is 9.18. The molecule has 0 atom stereocenters. The molecule has 0 aliphatic rings. The lowest BCUT2D eigenvalue weighted by Gasteiger charge is -2.07. The van der Waals surface area contributed by atoms with Gasteiger partial charge in [-0.25, -0.2) is 9.37 Å². The summed E-state index contributed by atoms with van der Waals surface area (Å²) in [5.41, 5.74) is 1.56. The Morgan fingerprint density at radius 1 is 1.11 bits per heavy atom. The van der Waals surface area contributed by atoms with Crippen molar-refractivity contribution in [2.24, 2.45) is 0 Å². The van der Waals surface area contributed by atoms with Gasteiger partial charge in [0.05, 0.1) is 11.3 Å². The zero-order chi connectivity index (χ0) is 13.0. The van der Waals surface area contributed by atoms with E-state index < -0.39 is 5.82 Å². The molecule has 0 unspecified atom stereocenters. The van der Waals surface area contributed by atoms with Crippen LogP contribution in [0.4, 0.5) is 15.8 Å². The molecule has 1 aromatic heterocycles. The summed E-state index contributed by atoms with van der Waals surface area (Å²) < 4.78 is 13.0. The molecule has 0 aliphatic carbocycles. The Hall–Kier alpha value is -2.92. The second-order valence-electron chi connectivity index (χ2n) is 3.47. The van der Waals surface area contributed by atoms with Crippen molar-refractivity contribution in [1.82, 2.24) is 4.98 Å². The third kappa shape index (κ3) is 2.42. The molecule has 0 fully saturated rings. The first-order valence-electron chi connectivity index (χ1n) is 5.06. The second kappa shape index (κ2) is 4.94. The van der Waals surface area contributed by atoms with Crippen molar-refractivity contribution in [3.8, 4) is 12.1 Å². The van der Waals surface area contributed by atoms with Crippen molar-refractivity contribution < 1.29 is 4.39 Å². The third-order valence-corrected chi connectivity index (χ3v) is 2.26. The molecule has 18 heavy (non-hydrogen) atoms. The van der Waals surface area contributed by atoms with Crippen molar-refractivity contribution in [2.75, 3.05) is 5.32 Å². The molecule has 0 bridgehead atoms. The lowest BCUT2D eigenvalue weighted by atomic mass is 10.2. The Kier molecular flexibility index (Phi) is 3.17. The fraction of sp³-hybridized carbons (Fsp3) is 0. The van der Waals surface area contributed by atoms with Gasteiger partial charge in [-0.15, -0.1) is 0 Å². The summed E-state index contributed by atoms with van der Waals surface area (Å²) >= 11 is 0. The van der Waals surface area contributed by atoms with E-state index in [9.17, 15) is 4.39 Å². The standard InChI is InChI=1S/C13H7FN4/c14-10-1-2-13(9(5-10)7-15)18-11-3-4-17-12(6-11)8-16/h1-6H,(H,17,18). The van der Waals surface area contributed by atoms with Crippen LogP contribution in [0, 0.1) is 28.5 Å². The molecule has 1 aromatic carbocycles. The minimum atomic E-state index is -0.468. The molecule has 0 saturated heterocycles. The number of benzene rings is 1. The maximum absolute atomic E-state index is 13.0. The minimum Gasteiger partial charge on any atom is -0.354 e. The number of pyridine rings is 1. The van der Waals surface area contributed by atoms with Crippen LogP contribution < -0.4 is 5.32 Å². The summed E-state index contributed by atoms with van der Waals surface area (Å²) in [5, 5.41) is 20.6. The van der Waals surface area contributed by atoms with Gasteiger partial charge in [-0.3, -0.25) is 0 Å². The largest absolute Gasteiger partial charge is 0.354 e. The van der Waals surface area contributed by atoms with Crippen LogP contribution in [0.2, 0.25) is 0 Å². The highest BCUT2D eigenvalue weighted by molar-refractivity contribution is 5.66. The number of halogens is 1. The first-order chi connectivity index (χ1) is 8.72. The molecule has 4 nitrogen and oxygen atoms in total. The summed E-state index contributed by atoms with van der Waals surface area (Å²) in [6.45, 7) is 0. The van der Waals surface area contributed by atoms with E-state index in [0.717, 1.165) is 6.07 Å². The highest BCUT2D eigenvalue weighted by atomic mass is 19.1. The highest BCUT2D eigenvalue weighted by Gasteiger charge is 2.04. The van der Waals surface area contributed by atoms with Gasteiger partial charge >= 0.3 is 0 Å². The molecule has 0 spiro atoms. The molecule has 0 amide bonds. The lowest BCUT2D eigenvalue weighted by molar-refractivity contribution is 0.627. The number of anilines is 2. The molecule has 0 radical (unpaired) electrons. The quantitative estimate of drug-likeness (QED) is 0.872. The van der Waals surface area contributed by atoms with E-state index in [1.54, 1.807) is 12.1 Å². The number of hydrogen-bond donors (Lipinski definition) is 1. The second-order valence-corrected chi connectivity index (χ2v) is 3.47.